The standard InChI is InChI=1S/C32H32F2N4/c1-3-6-29(23-7-9-27(33)10-8-23)30-17-28(37-21(30)2)15-25-14-24(16-31(34)32(25)35)26-13-22(18-36-19-26)20-38-11-4-5-12-38/h3,6-10,13-14,16-19,37H,1,4-5,11-12,15,20,35H2,2H3/b29-6-. The van der Waals surface area contributed by atoms with Crippen LogP contribution in [0.5, 0.6) is 0 Å². The molecule has 0 radical (unpaired) electrons. The van der Waals surface area contributed by atoms with Gasteiger partial charge in [-0.15, -0.1) is 0 Å². The fraction of sp³-hybridized carbons (Fsp3) is 0.219. The van der Waals surface area contributed by atoms with Crippen molar-refractivity contribution in [2.75, 3.05) is 18.8 Å². The lowest BCUT2D eigenvalue weighted by atomic mass is 9.96. The summed E-state index contributed by atoms with van der Waals surface area (Å²) >= 11 is 0. The normalized spacial score (nSPS) is 14.2. The summed E-state index contributed by atoms with van der Waals surface area (Å²) in [6.45, 7) is 8.88. The molecule has 3 heterocycles. The number of H-pyrrole nitrogens is 1. The number of allylic oxidation sites excluding steroid dienone is 2. The van der Waals surface area contributed by atoms with Crippen molar-refractivity contribution in [1.29, 1.82) is 0 Å². The van der Waals surface area contributed by atoms with E-state index in [-0.39, 0.29) is 11.5 Å². The maximum absolute atomic E-state index is 15.0. The Morgan fingerprint density at radius 2 is 1.82 bits per heavy atom. The van der Waals surface area contributed by atoms with Crippen molar-refractivity contribution in [2.24, 2.45) is 0 Å². The van der Waals surface area contributed by atoms with E-state index in [1.54, 1.807) is 24.4 Å². The van der Waals surface area contributed by atoms with Gasteiger partial charge in [0.1, 0.15) is 11.6 Å². The molecule has 1 aliphatic heterocycles. The summed E-state index contributed by atoms with van der Waals surface area (Å²) in [6.07, 6.45) is 10.2. The summed E-state index contributed by atoms with van der Waals surface area (Å²) in [5.41, 5.74) is 14.4. The van der Waals surface area contributed by atoms with Crippen molar-refractivity contribution < 1.29 is 8.78 Å². The van der Waals surface area contributed by atoms with E-state index in [0.717, 1.165) is 64.4 Å². The number of nitrogens with zero attached hydrogens (tertiary/aromatic N) is 2. The number of aromatic amines is 1. The minimum absolute atomic E-state index is 0.143. The SMILES string of the molecule is C=C/C=C(/c1ccc(F)cc1)c1cc(Cc2cc(-c3cncc(CN4CCCC4)c3)cc(F)c2N)[nH]c1C. The Morgan fingerprint density at radius 1 is 1.05 bits per heavy atom. The number of benzene rings is 2. The molecule has 4 aromatic rings. The van der Waals surface area contributed by atoms with Crippen molar-refractivity contribution in [3.05, 3.63) is 125 Å². The van der Waals surface area contributed by atoms with Gasteiger partial charge in [-0.25, -0.2) is 8.78 Å². The van der Waals surface area contributed by atoms with Crippen molar-refractivity contribution >= 4 is 11.3 Å². The van der Waals surface area contributed by atoms with Crippen LogP contribution in [0.3, 0.4) is 0 Å². The molecular weight excluding hydrogens is 478 g/mol. The van der Waals surface area contributed by atoms with Crippen LogP contribution in [-0.4, -0.2) is 28.0 Å². The maximum atomic E-state index is 15.0. The quantitative estimate of drug-likeness (QED) is 0.197. The Morgan fingerprint density at radius 3 is 2.55 bits per heavy atom. The predicted molar refractivity (Wildman–Crippen MR) is 151 cm³/mol. The number of aromatic nitrogens is 2. The second kappa shape index (κ2) is 11.2. The van der Waals surface area contributed by atoms with Crippen molar-refractivity contribution in [3.63, 3.8) is 0 Å². The molecule has 1 aliphatic rings. The topological polar surface area (TPSA) is 57.9 Å². The molecule has 6 heteroatoms. The Balaban J connectivity index is 1.44. The number of halogens is 2. The van der Waals surface area contributed by atoms with Gasteiger partial charge in [-0.05, 0) is 97.1 Å². The highest BCUT2D eigenvalue weighted by atomic mass is 19.1. The van der Waals surface area contributed by atoms with Crippen LogP contribution in [0.2, 0.25) is 0 Å². The van der Waals surface area contributed by atoms with E-state index in [4.69, 9.17) is 5.73 Å². The molecule has 2 aromatic heterocycles. The van der Waals surface area contributed by atoms with Gasteiger partial charge < -0.3 is 10.7 Å². The van der Waals surface area contributed by atoms with Crippen molar-refractivity contribution in [2.45, 2.75) is 32.7 Å². The first-order valence-electron chi connectivity index (χ1n) is 12.9. The average molecular weight is 511 g/mol. The van der Waals surface area contributed by atoms with Gasteiger partial charge in [0.15, 0.2) is 0 Å². The van der Waals surface area contributed by atoms with Gasteiger partial charge in [0.05, 0.1) is 5.69 Å². The first kappa shape index (κ1) is 25.6. The third kappa shape index (κ3) is 5.60. The molecule has 1 fully saturated rings. The van der Waals surface area contributed by atoms with E-state index in [9.17, 15) is 4.39 Å². The lowest BCUT2D eigenvalue weighted by Gasteiger charge is -2.15. The molecule has 0 unspecified atom stereocenters. The molecule has 5 rings (SSSR count). The summed E-state index contributed by atoms with van der Waals surface area (Å²) < 4.78 is 28.5. The molecule has 0 saturated carbocycles. The van der Waals surface area contributed by atoms with E-state index in [0.29, 0.717) is 12.0 Å². The molecule has 4 nitrogen and oxygen atoms in total. The summed E-state index contributed by atoms with van der Waals surface area (Å²) in [5, 5.41) is 0. The zero-order valence-electron chi connectivity index (χ0n) is 21.6. The molecule has 1 saturated heterocycles. The highest BCUT2D eigenvalue weighted by Gasteiger charge is 2.16. The number of pyridine rings is 1. The number of nitrogens with two attached hydrogens (primary N) is 1. The highest BCUT2D eigenvalue weighted by molar-refractivity contribution is 5.82. The van der Waals surface area contributed by atoms with Gasteiger partial charge in [-0.1, -0.05) is 30.9 Å². The van der Waals surface area contributed by atoms with Crippen LogP contribution >= 0.6 is 0 Å². The van der Waals surface area contributed by atoms with E-state index in [1.165, 1.54) is 31.0 Å². The fourth-order valence-corrected chi connectivity index (χ4v) is 5.21. The van der Waals surface area contributed by atoms with Crippen molar-refractivity contribution in [3.8, 4) is 11.1 Å². The van der Waals surface area contributed by atoms with Crippen LogP contribution in [0, 0.1) is 18.6 Å². The van der Waals surface area contributed by atoms with Crippen LogP contribution in [0.15, 0.2) is 79.7 Å². The number of likely N-dealkylation sites (tertiary alicyclic amines) is 1. The third-order valence-corrected chi connectivity index (χ3v) is 7.13. The van der Waals surface area contributed by atoms with Crippen LogP contribution < -0.4 is 5.73 Å². The number of nitrogens with one attached hydrogen (secondary N) is 1. The Hall–Kier alpha value is -4.03. The molecule has 0 aliphatic carbocycles. The predicted octanol–water partition coefficient (Wildman–Crippen LogP) is 7.05. The van der Waals surface area contributed by atoms with Gasteiger partial charge in [-0.2, -0.15) is 0 Å². The molecule has 2 aromatic carbocycles. The zero-order chi connectivity index (χ0) is 26.6. The minimum atomic E-state index is -0.440. The molecule has 3 N–H and O–H groups in total. The fourth-order valence-electron chi connectivity index (χ4n) is 5.21. The van der Waals surface area contributed by atoms with E-state index in [1.807, 2.05) is 31.3 Å². The first-order chi connectivity index (χ1) is 18.4. The Labute approximate surface area is 222 Å². The van der Waals surface area contributed by atoms with Gasteiger partial charge >= 0.3 is 0 Å². The van der Waals surface area contributed by atoms with Gasteiger partial charge in [-0.3, -0.25) is 9.88 Å². The molecule has 0 bridgehead atoms. The zero-order valence-corrected chi connectivity index (χ0v) is 21.6. The van der Waals surface area contributed by atoms with Crippen LogP contribution in [0.4, 0.5) is 14.5 Å². The number of nitrogen functional groups attached to an aromatic ring is 1. The van der Waals surface area contributed by atoms with Gasteiger partial charge in [0.25, 0.3) is 0 Å². The smallest absolute Gasteiger partial charge is 0.146 e. The number of anilines is 1. The minimum Gasteiger partial charge on any atom is -0.396 e. The van der Waals surface area contributed by atoms with Gasteiger partial charge in [0, 0.05) is 47.9 Å². The van der Waals surface area contributed by atoms with Gasteiger partial charge in [0.2, 0.25) is 0 Å². The maximum Gasteiger partial charge on any atom is 0.146 e. The summed E-state index contributed by atoms with van der Waals surface area (Å²) in [4.78, 5) is 10.3. The van der Waals surface area contributed by atoms with Crippen LogP contribution in [0.1, 0.15) is 46.5 Å². The Kier molecular flexibility index (Phi) is 7.52. The second-order valence-corrected chi connectivity index (χ2v) is 9.93. The molecular formula is C32H32F2N4. The number of hydrogen-bond acceptors (Lipinski definition) is 3. The lowest BCUT2D eigenvalue weighted by molar-refractivity contribution is 0.331. The molecule has 0 spiro atoms. The summed E-state index contributed by atoms with van der Waals surface area (Å²) in [6, 6.07) is 13.9. The van der Waals surface area contributed by atoms with Crippen molar-refractivity contribution in [1.82, 2.24) is 14.9 Å². The number of rotatable bonds is 8. The Bertz CT molecular complexity index is 1480. The summed E-state index contributed by atoms with van der Waals surface area (Å²) in [7, 11) is 0. The van der Waals surface area contributed by atoms with Crippen LogP contribution in [-0.2, 0) is 13.0 Å². The van der Waals surface area contributed by atoms with Crippen LogP contribution in [0.25, 0.3) is 16.7 Å². The summed E-state index contributed by atoms with van der Waals surface area (Å²) in [5.74, 6) is -0.725. The van der Waals surface area contributed by atoms with E-state index in [2.05, 4.69) is 27.5 Å². The molecule has 194 valence electrons. The van der Waals surface area contributed by atoms with E-state index >= 15 is 4.39 Å². The number of aryl methyl sites for hydroxylation is 1. The molecule has 0 amide bonds. The third-order valence-electron chi connectivity index (χ3n) is 7.13. The molecule has 0 atom stereocenters. The highest BCUT2D eigenvalue weighted by Crippen LogP contribution is 2.31. The number of hydrogen-bond donors (Lipinski definition) is 2. The first-order valence-corrected chi connectivity index (χ1v) is 12.9. The van der Waals surface area contributed by atoms with E-state index < -0.39 is 5.82 Å². The second-order valence-electron chi connectivity index (χ2n) is 9.93. The lowest BCUT2D eigenvalue weighted by Crippen LogP contribution is -2.18. The average Bonchev–Trinajstić information content (AvgIpc) is 3.55. The monoisotopic (exact) mass is 510 g/mol. The largest absolute Gasteiger partial charge is 0.396 e. The molecule has 38 heavy (non-hydrogen) atoms.